The van der Waals surface area contributed by atoms with Gasteiger partial charge in [0.2, 0.25) is 0 Å². The summed E-state index contributed by atoms with van der Waals surface area (Å²) < 4.78 is 22.8. The highest BCUT2D eigenvalue weighted by Crippen LogP contribution is 2.28. The van der Waals surface area contributed by atoms with Gasteiger partial charge < -0.3 is 5.32 Å². The number of nitrogens with one attached hydrogen (secondary N) is 1. The van der Waals surface area contributed by atoms with E-state index in [-0.39, 0.29) is 9.37 Å². The number of benzene rings is 2. The Morgan fingerprint density at radius 3 is 2.38 bits per heavy atom. The second kappa shape index (κ2) is 6.36. The van der Waals surface area contributed by atoms with Crippen LogP contribution in [-0.2, 0) is 9.05 Å². The van der Waals surface area contributed by atoms with Gasteiger partial charge in [-0.25, -0.2) is 8.42 Å². The van der Waals surface area contributed by atoms with Gasteiger partial charge in [-0.2, -0.15) is 0 Å². The van der Waals surface area contributed by atoms with E-state index in [2.05, 4.69) is 21.2 Å². The Hall–Kier alpha value is -1.08. The lowest BCUT2D eigenvalue weighted by molar-refractivity contribution is 0.102. The van der Waals surface area contributed by atoms with Crippen molar-refractivity contribution in [1.29, 1.82) is 0 Å². The molecule has 4 nitrogen and oxygen atoms in total. The van der Waals surface area contributed by atoms with E-state index in [1.54, 1.807) is 24.3 Å². The molecule has 2 rings (SSSR count). The van der Waals surface area contributed by atoms with E-state index in [1.807, 2.05) is 0 Å². The van der Waals surface area contributed by atoms with E-state index in [9.17, 15) is 13.2 Å². The van der Waals surface area contributed by atoms with Crippen molar-refractivity contribution >= 4 is 58.9 Å². The third-order valence-corrected chi connectivity index (χ3v) is 5.20. The topological polar surface area (TPSA) is 63.2 Å². The Bertz CT molecular complexity index is 809. The molecule has 2 aromatic carbocycles. The van der Waals surface area contributed by atoms with Crippen LogP contribution in [0, 0.1) is 0 Å². The van der Waals surface area contributed by atoms with Gasteiger partial charge in [0.15, 0.2) is 0 Å². The standard InChI is InChI=1S/C13H8BrCl2NO3S/c14-10-7-8(5-6-12(10)21(16,19)20)17-13(18)9-3-1-2-4-11(9)15/h1-7H,(H,17,18). The second-order valence-electron chi connectivity index (χ2n) is 4.02. The molecule has 0 fully saturated rings. The maximum Gasteiger partial charge on any atom is 0.262 e. The Balaban J connectivity index is 2.27. The van der Waals surface area contributed by atoms with Crippen molar-refractivity contribution < 1.29 is 13.2 Å². The molecule has 21 heavy (non-hydrogen) atoms. The van der Waals surface area contributed by atoms with E-state index in [0.29, 0.717) is 16.3 Å². The van der Waals surface area contributed by atoms with Gasteiger partial charge in [0.05, 0.1) is 15.5 Å². The highest BCUT2D eigenvalue weighted by molar-refractivity contribution is 9.10. The minimum Gasteiger partial charge on any atom is -0.322 e. The van der Waals surface area contributed by atoms with Crippen LogP contribution in [0.25, 0.3) is 0 Å². The predicted octanol–water partition coefficient (Wildman–Crippen LogP) is 4.28. The van der Waals surface area contributed by atoms with Crippen molar-refractivity contribution in [3.05, 3.63) is 57.5 Å². The number of hydrogen-bond donors (Lipinski definition) is 1. The van der Waals surface area contributed by atoms with E-state index >= 15 is 0 Å². The first-order valence-corrected chi connectivity index (χ1v) is 9.07. The van der Waals surface area contributed by atoms with Crippen LogP contribution in [0.1, 0.15) is 10.4 Å². The Morgan fingerprint density at radius 1 is 1.14 bits per heavy atom. The first kappa shape index (κ1) is 16.3. The van der Waals surface area contributed by atoms with Crippen LogP contribution in [0.3, 0.4) is 0 Å². The van der Waals surface area contributed by atoms with Crippen LogP contribution in [0.15, 0.2) is 51.8 Å². The van der Waals surface area contributed by atoms with Gasteiger partial charge in [0.1, 0.15) is 0 Å². The highest BCUT2D eigenvalue weighted by Gasteiger charge is 2.16. The Kier molecular flexibility index (Phi) is 4.93. The molecule has 1 N–H and O–H groups in total. The summed E-state index contributed by atoms with van der Waals surface area (Å²) in [6.07, 6.45) is 0. The largest absolute Gasteiger partial charge is 0.322 e. The van der Waals surface area contributed by atoms with Crippen molar-refractivity contribution in [3.63, 3.8) is 0 Å². The summed E-state index contributed by atoms with van der Waals surface area (Å²) in [6, 6.07) is 10.8. The van der Waals surface area contributed by atoms with Crippen LogP contribution in [-0.4, -0.2) is 14.3 Å². The molecule has 0 heterocycles. The number of halogens is 3. The summed E-state index contributed by atoms with van der Waals surface area (Å²) in [7, 11) is 1.43. The zero-order valence-electron chi connectivity index (χ0n) is 10.3. The fourth-order valence-corrected chi connectivity index (χ4v) is 4.07. The highest BCUT2D eigenvalue weighted by atomic mass is 79.9. The van der Waals surface area contributed by atoms with Crippen molar-refractivity contribution in [2.24, 2.45) is 0 Å². The fourth-order valence-electron chi connectivity index (χ4n) is 1.62. The van der Waals surface area contributed by atoms with Crippen molar-refractivity contribution in [2.45, 2.75) is 4.90 Å². The fraction of sp³-hybridized carbons (Fsp3) is 0. The average molecular weight is 409 g/mol. The summed E-state index contributed by atoms with van der Waals surface area (Å²) in [4.78, 5) is 12.0. The number of amides is 1. The Labute approximate surface area is 139 Å². The normalized spacial score (nSPS) is 11.2. The zero-order chi connectivity index (χ0) is 15.6. The maximum atomic E-state index is 12.1. The first-order chi connectivity index (χ1) is 9.79. The molecule has 0 bridgehead atoms. The van der Waals surface area contributed by atoms with Crippen LogP contribution >= 0.6 is 38.2 Å². The maximum absolute atomic E-state index is 12.1. The number of hydrogen-bond acceptors (Lipinski definition) is 3. The molecule has 2 aromatic rings. The van der Waals surface area contributed by atoms with Crippen LogP contribution < -0.4 is 5.32 Å². The Morgan fingerprint density at radius 2 is 1.81 bits per heavy atom. The van der Waals surface area contributed by atoms with Gasteiger partial charge in [0.25, 0.3) is 15.0 Å². The molecule has 0 aliphatic rings. The minimum atomic E-state index is -3.85. The van der Waals surface area contributed by atoms with Crippen molar-refractivity contribution in [2.75, 3.05) is 5.32 Å². The second-order valence-corrected chi connectivity index (χ2v) is 7.81. The van der Waals surface area contributed by atoms with Gasteiger partial charge in [-0.3, -0.25) is 4.79 Å². The molecule has 0 aromatic heterocycles. The summed E-state index contributed by atoms with van der Waals surface area (Å²) in [5.41, 5.74) is 0.736. The van der Waals surface area contributed by atoms with E-state index < -0.39 is 15.0 Å². The molecule has 0 aliphatic heterocycles. The molecule has 0 atom stereocenters. The summed E-state index contributed by atoms with van der Waals surface area (Å²) in [5.74, 6) is -0.394. The third kappa shape index (κ3) is 3.97. The summed E-state index contributed by atoms with van der Waals surface area (Å²) >= 11 is 9.04. The van der Waals surface area contributed by atoms with E-state index in [0.717, 1.165) is 0 Å². The number of carbonyl (C=O) groups is 1. The lowest BCUT2D eigenvalue weighted by atomic mass is 10.2. The molecule has 0 radical (unpaired) electrons. The van der Waals surface area contributed by atoms with Gasteiger partial charge in [-0.05, 0) is 46.3 Å². The summed E-state index contributed by atoms with van der Waals surface area (Å²) in [6.45, 7) is 0. The monoisotopic (exact) mass is 407 g/mol. The van der Waals surface area contributed by atoms with Gasteiger partial charge in [-0.15, -0.1) is 0 Å². The van der Waals surface area contributed by atoms with E-state index in [4.69, 9.17) is 22.3 Å². The number of rotatable bonds is 3. The van der Waals surface area contributed by atoms with Gasteiger partial charge >= 0.3 is 0 Å². The third-order valence-electron chi connectivity index (χ3n) is 2.57. The van der Waals surface area contributed by atoms with Crippen LogP contribution in [0.4, 0.5) is 5.69 Å². The zero-order valence-corrected chi connectivity index (χ0v) is 14.2. The van der Waals surface area contributed by atoms with Gasteiger partial charge in [-0.1, -0.05) is 23.7 Å². The molecule has 0 aliphatic carbocycles. The first-order valence-electron chi connectivity index (χ1n) is 5.59. The van der Waals surface area contributed by atoms with Crippen molar-refractivity contribution in [3.8, 4) is 0 Å². The average Bonchev–Trinajstić information content (AvgIpc) is 2.37. The van der Waals surface area contributed by atoms with Crippen LogP contribution in [0.5, 0.6) is 0 Å². The molecule has 8 heteroatoms. The molecular weight excluding hydrogens is 401 g/mol. The lowest BCUT2D eigenvalue weighted by Crippen LogP contribution is -2.12. The molecule has 1 amide bonds. The SMILES string of the molecule is O=C(Nc1ccc(S(=O)(=O)Cl)c(Br)c1)c1ccccc1Cl. The summed E-state index contributed by atoms with van der Waals surface area (Å²) in [5, 5.41) is 2.96. The lowest BCUT2D eigenvalue weighted by Gasteiger charge is -2.08. The predicted molar refractivity (Wildman–Crippen MR) is 86.6 cm³/mol. The molecule has 0 spiro atoms. The quantitative estimate of drug-likeness (QED) is 0.770. The van der Waals surface area contributed by atoms with Gasteiger partial charge in [0, 0.05) is 20.8 Å². The molecule has 110 valence electrons. The molecule has 0 saturated carbocycles. The number of carbonyl (C=O) groups excluding carboxylic acids is 1. The number of anilines is 1. The molecule has 0 saturated heterocycles. The van der Waals surface area contributed by atoms with E-state index in [1.165, 1.54) is 18.2 Å². The van der Waals surface area contributed by atoms with Crippen molar-refractivity contribution in [1.82, 2.24) is 0 Å². The molecule has 0 unspecified atom stereocenters. The van der Waals surface area contributed by atoms with Crippen LogP contribution in [0.2, 0.25) is 5.02 Å². The molecular formula is C13H8BrCl2NO3S. The minimum absolute atomic E-state index is 0.0695. The smallest absolute Gasteiger partial charge is 0.262 e.